The van der Waals surface area contributed by atoms with Crippen LogP contribution in [0.1, 0.15) is 35.9 Å². The van der Waals surface area contributed by atoms with E-state index in [1.807, 2.05) is 44.2 Å². The Balaban J connectivity index is 1.82. The van der Waals surface area contributed by atoms with Gasteiger partial charge in [0.15, 0.2) is 11.3 Å². The number of ether oxygens (including phenoxy) is 2. The number of hydrogen-bond acceptors (Lipinski definition) is 5. The molecule has 1 aliphatic heterocycles. The van der Waals surface area contributed by atoms with E-state index in [9.17, 15) is 4.79 Å². The molecule has 0 spiro atoms. The highest BCUT2D eigenvalue weighted by Gasteiger charge is 2.38. The first-order valence-corrected chi connectivity index (χ1v) is 6.85. The van der Waals surface area contributed by atoms with Crippen LogP contribution in [-0.2, 0) is 9.47 Å². The number of benzene rings is 1. The van der Waals surface area contributed by atoms with Crippen molar-refractivity contribution >= 4 is 5.97 Å². The molecule has 6 nitrogen and oxygen atoms in total. The van der Waals surface area contributed by atoms with Gasteiger partial charge in [-0.1, -0.05) is 35.5 Å². The van der Waals surface area contributed by atoms with Gasteiger partial charge in [0.25, 0.3) is 0 Å². The van der Waals surface area contributed by atoms with Gasteiger partial charge in [0.1, 0.15) is 0 Å². The maximum Gasteiger partial charge on any atom is 0.359 e. The Morgan fingerprint density at radius 2 is 2.10 bits per heavy atom. The van der Waals surface area contributed by atoms with Crippen molar-refractivity contribution in [1.82, 2.24) is 15.0 Å². The van der Waals surface area contributed by atoms with Crippen molar-refractivity contribution in [2.24, 2.45) is 0 Å². The zero-order valence-electron chi connectivity index (χ0n) is 12.0. The maximum atomic E-state index is 12.3. The number of esters is 1. The van der Waals surface area contributed by atoms with Crippen LogP contribution in [0.15, 0.2) is 36.5 Å². The van der Waals surface area contributed by atoms with E-state index in [0.717, 1.165) is 5.56 Å². The van der Waals surface area contributed by atoms with Crippen LogP contribution in [0.2, 0.25) is 0 Å². The second-order valence-corrected chi connectivity index (χ2v) is 5.48. The summed E-state index contributed by atoms with van der Waals surface area (Å²) in [6.45, 7) is 4.67. The number of nitrogens with zero attached hydrogens (tertiary/aromatic N) is 3. The lowest BCUT2D eigenvalue weighted by Crippen LogP contribution is -2.50. The molecule has 1 aromatic heterocycles. The molecule has 0 N–H and O–H groups in total. The van der Waals surface area contributed by atoms with E-state index in [2.05, 4.69) is 10.3 Å². The molecule has 0 amide bonds. The summed E-state index contributed by atoms with van der Waals surface area (Å²) in [7, 11) is 0. The van der Waals surface area contributed by atoms with Gasteiger partial charge in [0.05, 0.1) is 25.5 Å². The molecule has 110 valence electrons. The summed E-state index contributed by atoms with van der Waals surface area (Å²) < 4.78 is 12.2. The van der Waals surface area contributed by atoms with Gasteiger partial charge < -0.3 is 9.47 Å². The lowest BCUT2D eigenvalue weighted by Gasteiger charge is -2.37. The third kappa shape index (κ3) is 2.67. The predicted octanol–water partition coefficient (Wildman–Crippen LogP) is 1.83. The summed E-state index contributed by atoms with van der Waals surface area (Å²) in [6.07, 6.45) is 1.44. The molecule has 3 rings (SSSR count). The molecule has 1 aromatic carbocycles. The Morgan fingerprint density at radius 1 is 1.38 bits per heavy atom. The Kier molecular flexibility index (Phi) is 3.47. The Bertz CT molecular complexity index is 635. The largest absolute Gasteiger partial charge is 0.450 e. The average molecular weight is 287 g/mol. The summed E-state index contributed by atoms with van der Waals surface area (Å²) in [4.78, 5) is 12.3. The molecule has 0 unspecified atom stereocenters. The number of rotatable bonds is 4. The van der Waals surface area contributed by atoms with E-state index < -0.39 is 11.6 Å². The first-order chi connectivity index (χ1) is 10.1. The fourth-order valence-electron chi connectivity index (χ4n) is 2.27. The molecular formula is C15H17N3O3. The van der Waals surface area contributed by atoms with Crippen molar-refractivity contribution in [1.29, 1.82) is 0 Å². The summed E-state index contributed by atoms with van der Waals surface area (Å²) in [5.74, 6) is -0.423. The summed E-state index contributed by atoms with van der Waals surface area (Å²) in [5.41, 5.74) is 0.858. The standard InChI is InChI=1S/C15H17N3O3/c1-11(12-6-4-3-5-7-12)18-13(8-16-17-18)14(19)21-15(2)9-20-10-15/h3-8,11H,9-10H2,1-2H3/t11-/m1/s1. The van der Waals surface area contributed by atoms with Gasteiger partial charge >= 0.3 is 5.97 Å². The van der Waals surface area contributed by atoms with Crippen molar-refractivity contribution in [3.05, 3.63) is 47.8 Å². The third-order valence-corrected chi connectivity index (χ3v) is 3.59. The fourth-order valence-corrected chi connectivity index (χ4v) is 2.27. The number of hydrogen-bond donors (Lipinski definition) is 0. The van der Waals surface area contributed by atoms with E-state index in [4.69, 9.17) is 9.47 Å². The van der Waals surface area contributed by atoms with Crippen LogP contribution in [0, 0.1) is 0 Å². The van der Waals surface area contributed by atoms with Crippen molar-refractivity contribution in [3.63, 3.8) is 0 Å². The van der Waals surface area contributed by atoms with E-state index in [1.54, 1.807) is 4.68 Å². The van der Waals surface area contributed by atoms with Gasteiger partial charge in [0.2, 0.25) is 0 Å². The second-order valence-electron chi connectivity index (χ2n) is 5.48. The minimum atomic E-state index is -0.540. The van der Waals surface area contributed by atoms with Gasteiger partial charge in [-0.15, -0.1) is 5.10 Å². The molecule has 0 aliphatic carbocycles. The summed E-state index contributed by atoms with van der Waals surface area (Å²) >= 11 is 0. The quantitative estimate of drug-likeness (QED) is 0.803. The lowest BCUT2D eigenvalue weighted by atomic mass is 10.1. The lowest BCUT2D eigenvalue weighted by molar-refractivity contribution is -0.169. The maximum absolute atomic E-state index is 12.3. The molecule has 0 radical (unpaired) electrons. The smallest absolute Gasteiger partial charge is 0.359 e. The first-order valence-electron chi connectivity index (χ1n) is 6.85. The van der Waals surface area contributed by atoms with Crippen LogP contribution >= 0.6 is 0 Å². The summed E-state index contributed by atoms with van der Waals surface area (Å²) in [5, 5.41) is 7.87. The van der Waals surface area contributed by atoms with E-state index >= 15 is 0 Å². The molecule has 2 aromatic rings. The Morgan fingerprint density at radius 3 is 2.71 bits per heavy atom. The van der Waals surface area contributed by atoms with Crippen LogP contribution in [0.4, 0.5) is 0 Å². The van der Waals surface area contributed by atoms with Crippen LogP contribution in [0.3, 0.4) is 0 Å². The highest BCUT2D eigenvalue weighted by atomic mass is 16.6. The molecule has 1 fully saturated rings. The number of aromatic nitrogens is 3. The van der Waals surface area contributed by atoms with Gasteiger partial charge in [-0.25, -0.2) is 9.48 Å². The van der Waals surface area contributed by atoms with Crippen LogP contribution in [0.5, 0.6) is 0 Å². The Labute approximate surface area is 122 Å². The molecule has 1 aliphatic rings. The predicted molar refractivity (Wildman–Crippen MR) is 74.9 cm³/mol. The monoisotopic (exact) mass is 287 g/mol. The normalized spacial score (nSPS) is 17.8. The minimum absolute atomic E-state index is 0.0957. The third-order valence-electron chi connectivity index (χ3n) is 3.59. The van der Waals surface area contributed by atoms with Crippen molar-refractivity contribution in [2.45, 2.75) is 25.5 Å². The van der Waals surface area contributed by atoms with Gasteiger partial charge in [-0.2, -0.15) is 0 Å². The van der Waals surface area contributed by atoms with E-state index in [1.165, 1.54) is 6.20 Å². The SMILES string of the molecule is C[C@H](c1ccccc1)n1nncc1C(=O)OC1(C)COC1. The molecule has 0 bridgehead atoms. The van der Waals surface area contributed by atoms with Crippen LogP contribution < -0.4 is 0 Å². The second kappa shape index (κ2) is 5.29. The molecule has 21 heavy (non-hydrogen) atoms. The van der Waals surface area contributed by atoms with Crippen molar-refractivity contribution in [3.8, 4) is 0 Å². The van der Waals surface area contributed by atoms with Crippen LogP contribution in [-0.4, -0.2) is 39.8 Å². The van der Waals surface area contributed by atoms with Gasteiger partial charge in [0, 0.05) is 0 Å². The van der Waals surface area contributed by atoms with Gasteiger partial charge in [-0.05, 0) is 19.4 Å². The highest BCUT2D eigenvalue weighted by molar-refractivity contribution is 5.87. The van der Waals surface area contributed by atoms with Crippen molar-refractivity contribution in [2.75, 3.05) is 13.2 Å². The Hall–Kier alpha value is -2.21. The molecule has 1 atom stereocenters. The molecule has 0 saturated carbocycles. The van der Waals surface area contributed by atoms with Crippen molar-refractivity contribution < 1.29 is 14.3 Å². The zero-order valence-corrected chi connectivity index (χ0v) is 12.0. The molecule has 6 heteroatoms. The molecule has 1 saturated heterocycles. The van der Waals surface area contributed by atoms with Crippen LogP contribution in [0.25, 0.3) is 0 Å². The zero-order chi connectivity index (χ0) is 14.9. The molecule has 2 heterocycles. The summed E-state index contributed by atoms with van der Waals surface area (Å²) in [6, 6.07) is 9.73. The van der Waals surface area contributed by atoms with E-state index in [0.29, 0.717) is 18.9 Å². The minimum Gasteiger partial charge on any atom is -0.450 e. The fraction of sp³-hybridized carbons (Fsp3) is 0.400. The number of carbonyl (C=O) groups is 1. The van der Waals surface area contributed by atoms with E-state index in [-0.39, 0.29) is 6.04 Å². The van der Waals surface area contributed by atoms with Gasteiger partial charge in [-0.3, -0.25) is 0 Å². The number of carbonyl (C=O) groups excluding carboxylic acids is 1. The average Bonchev–Trinajstić information content (AvgIpc) is 2.95. The first kappa shape index (κ1) is 13.8. The topological polar surface area (TPSA) is 66.2 Å². The molecular weight excluding hydrogens is 270 g/mol. The highest BCUT2D eigenvalue weighted by Crippen LogP contribution is 2.24.